The number of amides is 3. The fraction of sp³-hybridized carbons (Fsp3) is 0.548. The molecule has 13 heteroatoms. The Hall–Kier alpha value is -4.39. The van der Waals surface area contributed by atoms with Crippen LogP contribution in [0.25, 0.3) is 0 Å². The largest absolute Gasteiger partial charge is 0.444 e. The van der Waals surface area contributed by atoms with Crippen LogP contribution in [0.3, 0.4) is 0 Å². The Labute approximate surface area is 322 Å². The quantitative estimate of drug-likeness (QED) is 0.335. The number of rotatable bonds is 8. The molecule has 0 spiro atoms. The van der Waals surface area contributed by atoms with Gasteiger partial charge in [0.25, 0.3) is 0 Å². The highest BCUT2D eigenvalue weighted by molar-refractivity contribution is 7.91. The maximum Gasteiger partial charge on any atom is 0.410 e. The molecule has 3 heterocycles. The van der Waals surface area contributed by atoms with Crippen LogP contribution in [-0.4, -0.2) is 71.1 Å². The van der Waals surface area contributed by atoms with E-state index in [0.717, 1.165) is 36.8 Å². The summed E-state index contributed by atoms with van der Waals surface area (Å²) in [6.07, 6.45) is 7.81. The molecule has 1 saturated heterocycles. The molecule has 3 amide bonds. The zero-order valence-electron chi connectivity index (χ0n) is 31.6. The number of carbonyl (C=O) groups excluding carboxylic acids is 5. The van der Waals surface area contributed by atoms with E-state index in [-0.39, 0.29) is 62.3 Å². The molecule has 0 unspecified atom stereocenters. The maximum atomic E-state index is 14.7. The average molecular weight is 776 g/mol. The number of ketones is 2. The predicted octanol–water partition coefficient (Wildman–Crippen LogP) is 5.72. The van der Waals surface area contributed by atoms with Crippen LogP contribution in [0, 0.1) is 23.1 Å². The lowest BCUT2D eigenvalue weighted by Crippen LogP contribution is -2.47. The molecule has 55 heavy (non-hydrogen) atoms. The molecule has 5 atom stereocenters. The van der Waals surface area contributed by atoms with Crippen LogP contribution < -0.4 is 4.72 Å². The fourth-order valence-electron chi connectivity index (χ4n) is 8.59. The van der Waals surface area contributed by atoms with E-state index in [0.29, 0.717) is 43.2 Å². The van der Waals surface area contributed by atoms with Crippen molar-refractivity contribution in [1.82, 2.24) is 14.5 Å². The van der Waals surface area contributed by atoms with E-state index >= 15 is 0 Å². The number of benzene rings is 2. The first-order valence-corrected chi connectivity index (χ1v) is 21.0. The van der Waals surface area contributed by atoms with Gasteiger partial charge >= 0.3 is 6.09 Å². The zero-order chi connectivity index (χ0) is 39.1. The average Bonchev–Trinajstić information content (AvgIpc) is 3.92. The maximum absolute atomic E-state index is 14.7. The molecule has 0 aromatic heterocycles. The van der Waals surface area contributed by atoms with Gasteiger partial charge in [-0.05, 0) is 87.5 Å². The normalized spacial score (nSPS) is 28.2. The van der Waals surface area contributed by atoms with E-state index in [4.69, 9.17) is 4.74 Å². The number of fused-ring (bicyclic) bond motifs is 3. The Kier molecular flexibility index (Phi) is 10.8. The number of carbonyl (C=O) groups is 5. The number of sulfonamides is 1. The molecular weight excluding hydrogens is 726 g/mol. The fourth-order valence-corrected chi connectivity index (χ4v) is 9.92. The first-order valence-electron chi connectivity index (χ1n) is 19.5. The third-order valence-electron chi connectivity index (χ3n) is 12.3. The van der Waals surface area contributed by atoms with Crippen molar-refractivity contribution in [2.75, 3.05) is 6.54 Å². The lowest BCUT2D eigenvalue weighted by molar-refractivity contribution is -0.142. The highest BCUT2D eigenvalue weighted by atomic mass is 32.2. The van der Waals surface area contributed by atoms with E-state index in [2.05, 4.69) is 4.72 Å². The molecule has 0 radical (unpaired) electrons. The topological polar surface area (TPSA) is 147 Å². The minimum Gasteiger partial charge on any atom is -0.444 e. The first kappa shape index (κ1) is 38.9. The van der Waals surface area contributed by atoms with Crippen molar-refractivity contribution in [3.8, 4) is 0 Å². The molecule has 2 aromatic rings. The number of hydrogen-bond acceptors (Lipinski definition) is 8. The Morgan fingerprint density at radius 1 is 1.02 bits per heavy atom. The first-order chi connectivity index (χ1) is 26.2. The number of Topliss-reactive ketones (excluding diaryl/α,β-unsaturated/α-hetero) is 2. The van der Waals surface area contributed by atoms with Crippen LogP contribution in [0.1, 0.15) is 100 Å². The molecule has 2 saturated carbocycles. The van der Waals surface area contributed by atoms with Gasteiger partial charge in [0, 0.05) is 37.3 Å². The van der Waals surface area contributed by atoms with E-state index in [9.17, 15) is 36.8 Å². The third-order valence-corrected chi connectivity index (χ3v) is 14.5. The molecule has 294 valence electrons. The van der Waals surface area contributed by atoms with E-state index in [1.165, 1.54) is 22.8 Å². The van der Waals surface area contributed by atoms with Crippen molar-refractivity contribution in [2.45, 2.75) is 121 Å². The van der Waals surface area contributed by atoms with Gasteiger partial charge in [0.05, 0.1) is 29.3 Å². The summed E-state index contributed by atoms with van der Waals surface area (Å²) in [5.74, 6) is -2.57. The highest BCUT2D eigenvalue weighted by Gasteiger charge is 2.62. The molecule has 5 aliphatic rings. The SMILES string of the molecule is CC(=O)Cc1cccc(C[C@H]2CCCCC/C=C\[C@H]3C[C@@]3(C(=O)NS(=O)(=O)C3(C)CC3)CC(=O)[C@@H]3C[C@@H](OC(=O)N4Cc5cccc(F)c5C4)CN3C2=O)c1. The van der Waals surface area contributed by atoms with Gasteiger partial charge < -0.3 is 9.64 Å². The number of nitrogens with zero attached hydrogens (tertiary/aromatic N) is 2. The smallest absolute Gasteiger partial charge is 0.410 e. The summed E-state index contributed by atoms with van der Waals surface area (Å²) in [5.41, 5.74) is 1.58. The van der Waals surface area contributed by atoms with Crippen molar-refractivity contribution in [3.63, 3.8) is 0 Å². The van der Waals surface area contributed by atoms with Crippen molar-refractivity contribution in [1.29, 1.82) is 0 Å². The Bertz CT molecular complexity index is 2030. The van der Waals surface area contributed by atoms with Gasteiger partial charge in [-0.15, -0.1) is 0 Å². The second-order valence-corrected chi connectivity index (χ2v) is 18.8. The Morgan fingerprint density at radius 3 is 2.53 bits per heavy atom. The van der Waals surface area contributed by atoms with E-state index < -0.39 is 56.1 Å². The van der Waals surface area contributed by atoms with E-state index in [1.54, 1.807) is 19.1 Å². The van der Waals surface area contributed by atoms with Gasteiger partial charge in [-0.25, -0.2) is 17.6 Å². The zero-order valence-corrected chi connectivity index (χ0v) is 32.4. The molecule has 0 bridgehead atoms. The molecule has 1 N–H and O–H groups in total. The Balaban J connectivity index is 1.16. The molecule has 3 aliphatic heterocycles. The summed E-state index contributed by atoms with van der Waals surface area (Å²) in [6.45, 7) is 3.31. The lowest BCUT2D eigenvalue weighted by Gasteiger charge is -2.29. The molecule has 2 aliphatic carbocycles. The second kappa shape index (κ2) is 15.3. The monoisotopic (exact) mass is 775 g/mol. The Morgan fingerprint density at radius 2 is 1.78 bits per heavy atom. The van der Waals surface area contributed by atoms with Crippen LogP contribution in [0.2, 0.25) is 0 Å². The number of halogens is 1. The van der Waals surface area contributed by atoms with Gasteiger partial charge in [0.2, 0.25) is 21.8 Å². The van der Waals surface area contributed by atoms with Crippen LogP contribution in [0.4, 0.5) is 9.18 Å². The van der Waals surface area contributed by atoms with Crippen molar-refractivity contribution < 1.29 is 41.5 Å². The summed E-state index contributed by atoms with van der Waals surface area (Å²) < 4.78 is 48.1. The van der Waals surface area contributed by atoms with Gasteiger partial charge in [-0.1, -0.05) is 61.4 Å². The predicted molar refractivity (Wildman–Crippen MR) is 201 cm³/mol. The van der Waals surface area contributed by atoms with Crippen LogP contribution in [0.5, 0.6) is 0 Å². The summed E-state index contributed by atoms with van der Waals surface area (Å²) in [5, 5.41) is 0. The standard InChI is InChI=1S/C42H50FN3O8S/c1-27(47)18-28-10-8-11-29(19-28)20-30-12-6-4-3-5-7-14-32-22-42(32,39(50)44-55(52,53)41(2)16-17-41)23-37(48)36-21-33(25-46(36)38(30)49)54-40(51)45-24-31-13-9-15-35(43)34(31)26-45/h7-11,13-15,19,30,32-33,36H,3-6,12,16-18,20-26H2,1-2H3,(H,44,50)/b14-7-/t30-,32+,33-,36+,42-/m1/s1. The summed E-state index contributed by atoms with van der Waals surface area (Å²) >= 11 is 0. The lowest BCUT2D eigenvalue weighted by atomic mass is 9.89. The van der Waals surface area contributed by atoms with Gasteiger partial charge in [-0.2, -0.15) is 0 Å². The highest BCUT2D eigenvalue weighted by Crippen LogP contribution is 2.57. The minimum atomic E-state index is -3.96. The molecular formula is C42H50FN3O8S. The van der Waals surface area contributed by atoms with Gasteiger partial charge in [-0.3, -0.25) is 28.8 Å². The van der Waals surface area contributed by atoms with E-state index in [1.807, 2.05) is 36.4 Å². The van der Waals surface area contributed by atoms with Crippen molar-refractivity contribution in [2.24, 2.45) is 17.3 Å². The van der Waals surface area contributed by atoms with Gasteiger partial charge in [0.1, 0.15) is 17.7 Å². The van der Waals surface area contributed by atoms with Crippen molar-refractivity contribution in [3.05, 3.63) is 82.7 Å². The van der Waals surface area contributed by atoms with Gasteiger partial charge in [0.15, 0.2) is 5.78 Å². The van der Waals surface area contributed by atoms with Crippen LogP contribution in [0.15, 0.2) is 54.6 Å². The van der Waals surface area contributed by atoms with Crippen LogP contribution in [-0.2, 0) is 59.9 Å². The summed E-state index contributed by atoms with van der Waals surface area (Å²) in [4.78, 5) is 71.4. The summed E-state index contributed by atoms with van der Waals surface area (Å²) in [6, 6.07) is 11.3. The van der Waals surface area contributed by atoms with Crippen molar-refractivity contribution >= 4 is 39.5 Å². The minimum absolute atomic E-state index is 0.0147. The number of nitrogens with one attached hydrogen (secondary N) is 1. The summed E-state index contributed by atoms with van der Waals surface area (Å²) in [7, 11) is -3.96. The molecule has 11 nitrogen and oxygen atoms in total. The van der Waals surface area contributed by atoms with Crippen LogP contribution >= 0.6 is 0 Å². The number of allylic oxidation sites excluding steroid dienone is 2. The molecule has 3 fully saturated rings. The molecule has 7 rings (SSSR count). The number of hydrogen-bond donors (Lipinski definition) is 1. The third kappa shape index (κ3) is 8.27. The second-order valence-electron chi connectivity index (χ2n) is 16.6. The number of ether oxygens (including phenoxy) is 1. The molecule has 2 aromatic carbocycles.